The molecule has 21 heavy (non-hydrogen) atoms. The molecule has 5 heteroatoms. The van der Waals surface area contributed by atoms with Crippen LogP contribution in [0.3, 0.4) is 0 Å². The van der Waals surface area contributed by atoms with Gasteiger partial charge in [0, 0.05) is 11.7 Å². The molecule has 1 aromatic carbocycles. The highest BCUT2D eigenvalue weighted by atomic mass is 16.5. The summed E-state index contributed by atoms with van der Waals surface area (Å²) in [4.78, 5) is 6.77. The molecule has 0 bridgehead atoms. The molecule has 0 saturated heterocycles. The molecular formula is C16H22N4O. The zero-order valence-corrected chi connectivity index (χ0v) is 12.8. The van der Waals surface area contributed by atoms with Crippen LogP contribution in [0.4, 0.5) is 5.69 Å². The fraction of sp³-hybridized carbons (Fsp3) is 0.500. The van der Waals surface area contributed by atoms with E-state index in [9.17, 15) is 0 Å². The zero-order valence-electron chi connectivity index (χ0n) is 12.8. The molecule has 1 atom stereocenters. The minimum atomic E-state index is -0.576. The van der Waals surface area contributed by atoms with Crippen molar-refractivity contribution in [1.29, 1.82) is 0 Å². The van der Waals surface area contributed by atoms with E-state index >= 15 is 0 Å². The maximum Gasteiger partial charge on any atom is 0.246 e. The highest BCUT2D eigenvalue weighted by molar-refractivity contribution is 5.56. The summed E-state index contributed by atoms with van der Waals surface area (Å²) in [5, 5.41) is 4.00. The van der Waals surface area contributed by atoms with Gasteiger partial charge >= 0.3 is 0 Å². The van der Waals surface area contributed by atoms with Crippen molar-refractivity contribution in [2.75, 3.05) is 4.90 Å². The lowest BCUT2D eigenvalue weighted by molar-refractivity contribution is 0.354. The number of aryl methyl sites for hydroxylation is 1. The molecule has 0 saturated carbocycles. The molecule has 112 valence electrons. The monoisotopic (exact) mass is 286 g/mol. The average Bonchev–Trinajstić information content (AvgIpc) is 2.91. The standard InChI is InChI=1S/C16H22N4O/c1-11-8-9-12-6-4-5-7-13(12)20(11)10-14-18-15(19-21-14)16(2,3)17/h4-7,11H,8-10,17H2,1-3H3. The third-order valence-corrected chi connectivity index (χ3v) is 4.01. The maximum absolute atomic E-state index is 6.01. The Morgan fingerprint density at radius 1 is 1.38 bits per heavy atom. The Morgan fingerprint density at radius 3 is 2.86 bits per heavy atom. The van der Waals surface area contributed by atoms with Crippen molar-refractivity contribution >= 4 is 5.69 Å². The predicted octanol–water partition coefficient (Wildman–Crippen LogP) is 2.60. The van der Waals surface area contributed by atoms with E-state index in [1.165, 1.54) is 11.3 Å². The Labute approximate surface area is 125 Å². The molecule has 2 N–H and O–H groups in total. The van der Waals surface area contributed by atoms with Gasteiger partial charge in [0.05, 0.1) is 12.1 Å². The Hall–Kier alpha value is -1.88. The van der Waals surface area contributed by atoms with Crippen LogP contribution in [0.5, 0.6) is 0 Å². The molecule has 0 aliphatic carbocycles. The van der Waals surface area contributed by atoms with Crippen LogP contribution in [0.25, 0.3) is 0 Å². The second-order valence-corrected chi connectivity index (χ2v) is 6.38. The van der Waals surface area contributed by atoms with Crippen molar-refractivity contribution in [3.05, 3.63) is 41.5 Å². The van der Waals surface area contributed by atoms with E-state index in [-0.39, 0.29) is 0 Å². The Bertz CT molecular complexity index is 629. The van der Waals surface area contributed by atoms with E-state index in [2.05, 4.69) is 46.2 Å². The van der Waals surface area contributed by atoms with Gasteiger partial charge in [0.1, 0.15) is 0 Å². The zero-order chi connectivity index (χ0) is 15.0. The Kier molecular flexibility index (Phi) is 3.45. The number of nitrogens with zero attached hydrogens (tertiary/aromatic N) is 3. The summed E-state index contributed by atoms with van der Waals surface area (Å²) in [6.07, 6.45) is 2.26. The molecule has 5 nitrogen and oxygen atoms in total. The molecule has 0 amide bonds. The molecule has 1 aromatic heterocycles. The second-order valence-electron chi connectivity index (χ2n) is 6.38. The molecule has 2 aromatic rings. The summed E-state index contributed by atoms with van der Waals surface area (Å²) in [7, 11) is 0. The number of hydrogen-bond acceptors (Lipinski definition) is 5. The predicted molar refractivity (Wildman–Crippen MR) is 81.9 cm³/mol. The third kappa shape index (κ3) is 2.78. The minimum absolute atomic E-state index is 0.459. The number of aromatic nitrogens is 2. The number of anilines is 1. The van der Waals surface area contributed by atoms with Crippen LogP contribution in [0.2, 0.25) is 0 Å². The maximum atomic E-state index is 6.01. The molecule has 1 unspecified atom stereocenters. The summed E-state index contributed by atoms with van der Waals surface area (Å²) in [5.41, 5.74) is 8.08. The number of fused-ring (bicyclic) bond motifs is 1. The summed E-state index contributed by atoms with van der Waals surface area (Å²) < 4.78 is 5.37. The number of para-hydroxylation sites is 1. The summed E-state index contributed by atoms with van der Waals surface area (Å²) in [6.45, 7) is 6.61. The molecule has 0 fully saturated rings. The number of nitrogens with two attached hydrogens (primary N) is 1. The highest BCUT2D eigenvalue weighted by Gasteiger charge is 2.26. The number of benzene rings is 1. The van der Waals surface area contributed by atoms with Gasteiger partial charge in [-0.2, -0.15) is 4.98 Å². The first kappa shape index (κ1) is 14.1. The van der Waals surface area contributed by atoms with E-state index in [4.69, 9.17) is 10.3 Å². The largest absolute Gasteiger partial charge is 0.359 e. The van der Waals surface area contributed by atoms with Gasteiger partial charge in [-0.05, 0) is 45.2 Å². The molecule has 1 aliphatic rings. The summed E-state index contributed by atoms with van der Waals surface area (Å²) in [6, 6.07) is 8.98. The van der Waals surface area contributed by atoms with Crippen LogP contribution in [0.15, 0.2) is 28.8 Å². The van der Waals surface area contributed by atoms with Gasteiger partial charge in [0.15, 0.2) is 5.82 Å². The third-order valence-electron chi connectivity index (χ3n) is 4.01. The Morgan fingerprint density at radius 2 is 2.14 bits per heavy atom. The van der Waals surface area contributed by atoms with Crippen molar-refractivity contribution in [2.24, 2.45) is 5.73 Å². The van der Waals surface area contributed by atoms with Crippen molar-refractivity contribution in [1.82, 2.24) is 10.1 Å². The molecule has 3 rings (SSSR count). The van der Waals surface area contributed by atoms with Crippen molar-refractivity contribution in [3.63, 3.8) is 0 Å². The van der Waals surface area contributed by atoms with Gasteiger partial charge in [0.25, 0.3) is 0 Å². The van der Waals surface area contributed by atoms with Gasteiger partial charge < -0.3 is 15.2 Å². The topological polar surface area (TPSA) is 68.2 Å². The van der Waals surface area contributed by atoms with Crippen LogP contribution >= 0.6 is 0 Å². The lowest BCUT2D eigenvalue weighted by atomic mass is 9.97. The van der Waals surface area contributed by atoms with Crippen LogP contribution < -0.4 is 10.6 Å². The normalized spacial score (nSPS) is 18.7. The molecule has 2 heterocycles. The summed E-state index contributed by atoms with van der Waals surface area (Å²) >= 11 is 0. The minimum Gasteiger partial charge on any atom is -0.359 e. The van der Waals surface area contributed by atoms with Gasteiger partial charge in [-0.25, -0.2) is 0 Å². The van der Waals surface area contributed by atoms with Crippen LogP contribution in [0.1, 0.15) is 44.5 Å². The van der Waals surface area contributed by atoms with Crippen molar-refractivity contribution in [3.8, 4) is 0 Å². The lowest BCUT2D eigenvalue weighted by Gasteiger charge is -2.36. The van der Waals surface area contributed by atoms with E-state index in [0.717, 1.165) is 12.8 Å². The van der Waals surface area contributed by atoms with Crippen LogP contribution in [0, 0.1) is 0 Å². The van der Waals surface area contributed by atoms with E-state index < -0.39 is 5.54 Å². The molecule has 0 radical (unpaired) electrons. The first-order valence-corrected chi connectivity index (χ1v) is 7.41. The van der Waals surface area contributed by atoms with Gasteiger partial charge in [0.2, 0.25) is 5.89 Å². The van der Waals surface area contributed by atoms with Gasteiger partial charge in [-0.15, -0.1) is 0 Å². The van der Waals surface area contributed by atoms with E-state index in [1.54, 1.807) is 0 Å². The van der Waals surface area contributed by atoms with Crippen LogP contribution in [-0.2, 0) is 18.5 Å². The highest BCUT2D eigenvalue weighted by Crippen LogP contribution is 2.31. The quantitative estimate of drug-likeness (QED) is 0.939. The smallest absolute Gasteiger partial charge is 0.246 e. The van der Waals surface area contributed by atoms with Crippen molar-refractivity contribution < 1.29 is 4.52 Å². The number of hydrogen-bond donors (Lipinski definition) is 1. The fourth-order valence-corrected chi connectivity index (χ4v) is 2.73. The average molecular weight is 286 g/mol. The fourth-order valence-electron chi connectivity index (χ4n) is 2.73. The van der Waals surface area contributed by atoms with Gasteiger partial charge in [-0.1, -0.05) is 23.4 Å². The van der Waals surface area contributed by atoms with E-state index in [0.29, 0.717) is 24.3 Å². The Balaban J connectivity index is 1.86. The lowest BCUT2D eigenvalue weighted by Crippen LogP contribution is -2.37. The molecular weight excluding hydrogens is 264 g/mol. The van der Waals surface area contributed by atoms with Crippen molar-refractivity contribution in [2.45, 2.75) is 51.7 Å². The first-order chi connectivity index (χ1) is 9.95. The SMILES string of the molecule is CC1CCc2ccccc2N1Cc1nc(C(C)(C)N)no1. The number of rotatable bonds is 3. The second kappa shape index (κ2) is 5.15. The first-order valence-electron chi connectivity index (χ1n) is 7.41. The molecule has 0 spiro atoms. The summed E-state index contributed by atoms with van der Waals surface area (Å²) in [5.74, 6) is 1.17. The van der Waals surface area contributed by atoms with Gasteiger partial charge in [-0.3, -0.25) is 0 Å². The van der Waals surface area contributed by atoms with E-state index in [1.807, 2.05) is 13.8 Å². The van der Waals surface area contributed by atoms with Crippen LogP contribution in [-0.4, -0.2) is 16.2 Å². The molecule has 1 aliphatic heterocycles.